The fraction of sp³-hybridized carbons (Fsp3) is 0. The van der Waals surface area contributed by atoms with Crippen LogP contribution in [0.25, 0.3) is 89.5 Å². The van der Waals surface area contributed by atoms with Crippen LogP contribution in [-0.2, 0) is 0 Å². The molecule has 0 radical (unpaired) electrons. The molecule has 4 nitrogen and oxygen atoms in total. The number of fused-ring (bicyclic) bond motifs is 3. The Labute approximate surface area is 284 Å². The molecule has 2 heterocycles. The Morgan fingerprint density at radius 2 is 0.673 bits per heavy atom. The summed E-state index contributed by atoms with van der Waals surface area (Å²) in [4.78, 5) is 15.2. The zero-order valence-corrected chi connectivity index (χ0v) is 26.5. The Kier molecular flexibility index (Phi) is 7.10. The van der Waals surface area contributed by atoms with Gasteiger partial charge in [0.25, 0.3) is 0 Å². The molecule has 0 fully saturated rings. The highest BCUT2D eigenvalue weighted by molar-refractivity contribution is 6.06. The average Bonchev–Trinajstić information content (AvgIpc) is 3.57. The molecule has 4 heteroatoms. The number of furan rings is 1. The lowest BCUT2D eigenvalue weighted by Crippen LogP contribution is -2.00. The molecule has 9 aromatic rings. The smallest absolute Gasteiger partial charge is 0.164 e. The fourth-order valence-electron chi connectivity index (χ4n) is 6.42. The van der Waals surface area contributed by atoms with Crippen molar-refractivity contribution in [1.29, 1.82) is 0 Å². The van der Waals surface area contributed by atoms with Gasteiger partial charge in [0.1, 0.15) is 11.2 Å². The number of hydrogen-bond donors (Lipinski definition) is 0. The summed E-state index contributed by atoms with van der Waals surface area (Å²) in [6.07, 6.45) is 0. The lowest BCUT2D eigenvalue weighted by Gasteiger charge is -2.11. The molecule has 9 rings (SSSR count). The highest BCUT2D eigenvalue weighted by atomic mass is 16.3. The first kappa shape index (κ1) is 28.6. The predicted octanol–water partition coefficient (Wildman–Crippen LogP) is 11.8. The molecular formula is C45H29N3O. The van der Waals surface area contributed by atoms with Crippen molar-refractivity contribution in [3.8, 4) is 67.5 Å². The summed E-state index contributed by atoms with van der Waals surface area (Å²) < 4.78 is 6.09. The summed E-state index contributed by atoms with van der Waals surface area (Å²) in [5.74, 6) is 1.87. The Hall–Kier alpha value is -6.65. The Morgan fingerprint density at radius 3 is 1.33 bits per heavy atom. The van der Waals surface area contributed by atoms with Crippen molar-refractivity contribution in [2.24, 2.45) is 0 Å². The van der Waals surface area contributed by atoms with Crippen LogP contribution in [0.4, 0.5) is 0 Å². The van der Waals surface area contributed by atoms with E-state index in [1.54, 1.807) is 0 Å². The number of benzene rings is 7. The van der Waals surface area contributed by atoms with E-state index < -0.39 is 0 Å². The number of rotatable bonds is 6. The highest BCUT2D eigenvalue weighted by Gasteiger charge is 2.15. The summed E-state index contributed by atoms with van der Waals surface area (Å²) in [5, 5.41) is 2.21. The van der Waals surface area contributed by atoms with Crippen molar-refractivity contribution >= 4 is 21.9 Å². The maximum absolute atomic E-state index is 6.09. The van der Waals surface area contributed by atoms with E-state index in [9.17, 15) is 0 Å². The topological polar surface area (TPSA) is 51.8 Å². The van der Waals surface area contributed by atoms with Crippen LogP contribution in [0, 0.1) is 0 Å². The largest absolute Gasteiger partial charge is 0.456 e. The van der Waals surface area contributed by atoms with Crippen molar-refractivity contribution in [1.82, 2.24) is 15.0 Å². The van der Waals surface area contributed by atoms with E-state index in [-0.39, 0.29) is 0 Å². The minimum Gasteiger partial charge on any atom is -0.456 e. The van der Waals surface area contributed by atoms with Gasteiger partial charge in [-0.15, -0.1) is 0 Å². The van der Waals surface area contributed by atoms with Crippen LogP contribution in [0.3, 0.4) is 0 Å². The molecule has 49 heavy (non-hydrogen) atoms. The van der Waals surface area contributed by atoms with Crippen LogP contribution in [0.15, 0.2) is 180 Å². The molecule has 0 spiro atoms. The van der Waals surface area contributed by atoms with Gasteiger partial charge in [0.15, 0.2) is 17.5 Å². The minimum absolute atomic E-state index is 0.619. The summed E-state index contributed by atoms with van der Waals surface area (Å²) in [6, 6.07) is 60.5. The van der Waals surface area contributed by atoms with Crippen LogP contribution in [0.1, 0.15) is 0 Å². The van der Waals surface area contributed by atoms with Crippen molar-refractivity contribution in [2.75, 3.05) is 0 Å². The van der Waals surface area contributed by atoms with E-state index in [2.05, 4.69) is 146 Å². The average molecular weight is 628 g/mol. The third-order valence-electron chi connectivity index (χ3n) is 8.94. The van der Waals surface area contributed by atoms with E-state index in [0.29, 0.717) is 17.5 Å². The number of para-hydroxylation sites is 1. The molecule has 0 saturated heterocycles. The van der Waals surface area contributed by atoms with Gasteiger partial charge in [0.05, 0.1) is 0 Å². The first-order chi connectivity index (χ1) is 24.2. The third-order valence-corrected chi connectivity index (χ3v) is 8.94. The summed E-state index contributed by atoms with van der Waals surface area (Å²) in [5.41, 5.74) is 11.3. The van der Waals surface area contributed by atoms with E-state index >= 15 is 0 Å². The highest BCUT2D eigenvalue weighted by Crippen LogP contribution is 2.34. The van der Waals surface area contributed by atoms with Crippen molar-refractivity contribution in [2.45, 2.75) is 0 Å². The van der Waals surface area contributed by atoms with Gasteiger partial charge in [-0.1, -0.05) is 146 Å². The quantitative estimate of drug-likeness (QED) is 0.184. The lowest BCUT2D eigenvalue weighted by molar-refractivity contribution is 0.669. The van der Waals surface area contributed by atoms with Crippen molar-refractivity contribution < 1.29 is 4.42 Å². The van der Waals surface area contributed by atoms with E-state index in [0.717, 1.165) is 66.4 Å². The summed E-state index contributed by atoms with van der Waals surface area (Å²) >= 11 is 0. The standard InChI is InChI=1S/C45H29N3O/c1-3-11-30(12-4-1)32-21-23-33(24-22-32)43-46-44(37-17-9-15-34(27-37)31-13-5-2-6-14-31)48-45(47-43)38-18-10-16-35(28-38)36-25-26-42-40(29-36)39-19-7-8-20-41(39)49-42/h1-29H. The zero-order chi connectivity index (χ0) is 32.6. The molecule has 0 bridgehead atoms. The van der Waals surface area contributed by atoms with Crippen LogP contribution < -0.4 is 0 Å². The Morgan fingerprint density at radius 1 is 0.265 bits per heavy atom. The first-order valence-electron chi connectivity index (χ1n) is 16.4. The van der Waals surface area contributed by atoms with Crippen molar-refractivity contribution in [3.05, 3.63) is 176 Å². The molecule has 0 aliphatic rings. The van der Waals surface area contributed by atoms with Gasteiger partial charge in [-0.05, 0) is 63.7 Å². The van der Waals surface area contributed by atoms with Crippen LogP contribution in [0.5, 0.6) is 0 Å². The normalized spacial score (nSPS) is 11.3. The summed E-state index contributed by atoms with van der Waals surface area (Å²) in [6.45, 7) is 0. The van der Waals surface area contributed by atoms with Gasteiger partial charge >= 0.3 is 0 Å². The van der Waals surface area contributed by atoms with Gasteiger partial charge in [0.2, 0.25) is 0 Å². The molecule has 7 aromatic carbocycles. The van der Waals surface area contributed by atoms with Crippen molar-refractivity contribution in [3.63, 3.8) is 0 Å². The van der Waals surface area contributed by atoms with Crippen LogP contribution in [0.2, 0.25) is 0 Å². The van der Waals surface area contributed by atoms with E-state index in [4.69, 9.17) is 19.4 Å². The van der Waals surface area contributed by atoms with Gasteiger partial charge < -0.3 is 4.42 Å². The van der Waals surface area contributed by atoms with Gasteiger partial charge in [-0.3, -0.25) is 0 Å². The van der Waals surface area contributed by atoms with E-state index in [1.807, 2.05) is 30.3 Å². The minimum atomic E-state index is 0.619. The molecule has 0 atom stereocenters. The molecule has 0 N–H and O–H groups in total. The second-order valence-electron chi connectivity index (χ2n) is 12.1. The third kappa shape index (κ3) is 5.56. The Balaban J connectivity index is 1.16. The first-order valence-corrected chi connectivity index (χ1v) is 16.4. The van der Waals surface area contributed by atoms with Crippen LogP contribution in [-0.4, -0.2) is 15.0 Å². The maximum atomic E-state index is 6.09. The van der Waals surface area contributed by atoms with Gasteiger partial charge in [0, 0.05) is 27.5 Å². The molecule has 0 aliphatic heterocycles. The molecule has 0 saturated carbocycles. The monoisotopic (exact) mass is 627 g/mol. The van der Waals surface area contributed by atoms with E-state index in [1.165, 1.54) is 5.56 Å². The zero-order valence-electron chi connectivity index (χ0n) is 26.5. The number of nitrogens with zero attached hydrogens (tertiary/aromatic N) is 3. The summed E-state index contributed by atoms with van der Waals surface area (Å²) in [7, 11) is 0. The number of aromatic nitrogens is 3. The van der Waals surface area contributed by atoms with Crippen LogP contribution >= 0.6 is 0 Å². The van der Waals surface area contributed by atoms with Gasteiger partial charge in [-0.2, -0.15) is 0 Å². The molecule has 230 valence electrons. The SMILES string of the molecule is c1ccc(-c2ccc(-c3nc(-c4cccc(-c5ccccc5)c4)nc(-c4cccc(-c5ccc6oc7ccccc7c6c5)c4)n3)cc2)cc1. The molecule has 0 amide bonds. The lowest BCUT2D eigenvalue weighted by atomic mass is 10.0. The predicted molar refractivity (Wildman–Crippen MR) is 200 cm³/mol. The number of hydrogen-bond acceptors (Lipinski definition) is 4. The fourth-order valence-corrected chi connectivity index (χ4v) is 6.42. The maximum Gasteiger partial charge on any atom is 0.164 e. The second-order valence-corrected chi connectivity index (χ2v) is 12.1. The molecule has 2 aromatic heterocycles. The van der Waals surface area contributed by atoms with Gasteiger partial charge in [-0.25, -0.2) is 15.0 Å². The molecular weight excluding hydrogens is 599 g/mol. The second kappa shape index (κ2) is 12.2. The molecule has 0 aliphatic carbocycles. The Bertz CT molecular complexity index is 2590. The molecule has 0 unspecified atom stereocenters.